The van der Waals surface area contributed by atoms with Crippen molar-refractivity contribution in [2.24, 2.45) is 5.92 Å². The minimum atomic E-state index is -3.58. The van der Waals surface area contributed by atoms with Crippen molar-refractivity contribution >= 4 is 32.2 Å². The Labute approximate surface area is 167 Å². The number of benzene rings is 2. The van der Waals surface area contributed by atoms with Crippen molar-refractivity contribution in [3.8, 4) is 0 Å². The Morgan fingerprint density at radius 3 is 2.45 bits per heavy atom. The second kappa shape index (κ2) is 7.75. The van der Waals surface area contributed by atoms with Gasteiger partial charge < -0.3 is 5.32 Å². The Hall–Kier alpha value is -3.07. The maximum Gasteiger partial charge on any atom is 0.276 e. The van der Waals surface area contributed by atoms with Crippen molar-refractivity contribution in [3.63, 3.8) is 0 Å². The van der Waals surface area contributed by atoms with E-state index in [1.807, 2.05) is 13.8 Å². The van der Waals surface area contributed by atoms with Crippen LogP contribution in [0.4, 0.5) is 10.1 Å². The predicted octanol–water partition coefficient (Wildman–Crippen LogP) is 2.85. The third kappa shape index (κ3) is 4.34. The molecule has 0 aliphatic carbocycles. The number of fused-ring (bicyclic) bond motifs is 1. The molecular weight excluding hydrogens is 397 g/mol. The van der Waals surface area contributed by atoms with Crippen LogP contribution in [-0.4, -0.2) is 30.4 Å². The van der Waals surface area contributed by atoms with Crippen molar-refractivity contribution in [2.75, 3.05) is 11.6 Å². The van der Waals surface area contributed by atoms with E-state index in [4.69, 9.17) is 0 Å². The quantitative estimate of drug-likeness (QED) is 0.644. The van der Waals surface area contributed by atoms with Gasteiger partial charge in [-0.05, 0) is 30.2 Å². The zero-order chi connectivity index (χ0) is 21.3. The standard InChI is InChI=1S/C20H20FN3O4S/c1-12(2)11-24-20(26)15-7-5-4-6-14(15)18(23-24)19(25)22-17-10-13(29(3,27)28)8-9-16(17)21/h4-10,12H,11H2,1-3H3,(H,22,25). The fraction of sp³-hybridized carbons (Fsp3) is 0.250. The van der Waals surface area contributed by atoms with E-state index in [0.717, 1.165) is 24.5 Å². The van der Waals surface area contributed by atoms with Gasteiger partial charge in [-0.1, -0.05) is 32.0 Å². The molecule has 0 unspecified atom stereocenters. The van der Waals surface area contributed by atoms with Crippen molar-refractivity contribution in [1.82, 2.24) is 9.78 Å². The molecule has 1 N–H and O–H groups in total. The Kier molecular flexibility index (Phi) is 5.52. The molecule has 0 bridgehead atoms. The number of halogens is 1. The largest absolute Gasteiger partial charge is 0.318 e. The number of sulfone groups is 1. The maximum atomic E-state index is 14.2. The normalized spacial score (nSPS) is 11.8. The molecule has 3 aromatic rings. The first kappa shape index (κ1) is 20.7. The molecule has 7 nitrogen and oxygen atoms in total. The van der Waals surface area contributed by atoms with E-state index in [2.05, 4.69) is 10.4 Å². The van der Waals surface area contributed by atoms with E-state index in [1.54, 1.807) is 24.3 Å². The molecule has 0 spiro atoms. The van der Waals surface area contributed by atoms with Crippen LogP contribution in [0.25, 0.3) is 10.8 Å². The van der Waals surface area contributed by atoms with Gasteiger partial charge in [0.15, 0.2) is 15.5 Å². The molecule has 152 valence electrons. The molecule has 9 heteroatoms. The Balaban J connectivity index is 2.11. The fourth-order valence-electron chi connectivity index (χ4n) is 2.88. The highest BCUT2D eigenvalue weighted by Crippen LogP contribution is 2.21. The topological polar surface area (TPSA) is 98.1 Å². The summed E-state index contributed by atoms with van der Waals surface area (Å²) in [6.45, 7) is 4.13. The number of nitrogens with one attached hydrogen (secondary N) is 1. The van der Waals surface area contributed by atoms with Gasteiger partial charge in [-0.3, -0.25) is 9.59 Å². The summed E-state index contributed by atoms with van der Waals surface area (Å²) in [5, 5.41) is 7.21. The van der Waals surface area contributed by atoms with E-state index >= 15 is 0 Å². The number of carbonyl (C=O) groups is 1. The third-order valence-corrected chi connectivity index (χ3v) is 5.35. The maximum absolute atomic E-state index is 14.2. The lowest BCUT2D eigenvalue weighted by atomic mass is 10.1. The molecular formula is C20H20FN3O4S. The van der Waals surface area contributed by atoms with Crippen molar-refractivity contribution in [2.45, 2.75) is 25.3 Å². The number of carbonyl (C=O) groups excluding carboxylic acids is 1. The number of amides is 1. The molecule has 0 saturated heterocycles. The first-order chi connectivity index (χ1) is 13.6. The summed E-state index contributed by atoms with van der Waals surface area (Å²) in [4.78, 5) is 25.4. The average Bonchev–Trinajstić information content (AvgIpc) is 2.64. The summed E-state index contributed by atoms with van der Waals surface area (Å²) in [5.41, 5.74) is -0.661. The van der Waals surface area contributed by atoms with Crippen LogP contribution in [0.5, 0.6) is 0 Å². The van der Waals surface area contributed by atoms with Gasteiger partial charge in [0, 0.05) is 18.2 Å². The van der Waals surface area contributed by atoms with Crippen LogP contribution in [0.3, 0.4) is 0 Å². The molecule has 0 radical (unpaired) electrons. The Bertz CT molecular complexity index is 1270. The second-order valence-electron chi connectivity index (χ2n) is 7.14. The summed E-state index contributed by atoms with van der Waals surface area (Å²) in [7, 11) is -3.58. The van der Waals surface area contributed by atoms with E-state index in [1.165, 1.54) is 4.68 Å². The number of aromatic nitrogens is 2. The molecule has 0 aliphatic heterocycles. The van der Waals surface area contributed by atoms with Crippen LogP contribution in [-0.2, 0) is 16.4 Å². The summed E-state index contributed by atoms with van der Waals surface area (Å²) in [6, 6.07) is 9.67. The highest BCUT2D eigenvalue weighted by Gasteiger charge is 2.19. The zero-order valence-corrected chi connectivity index (χ0v) is 17.0. The van der Waals surface area contributed by atoms with E-state index in [9.17, 15) is 22.4 Å². The molecule has 0 atom stereocenters. The summed E-state index contributed by atoms with van der Waals surface area (Å²) >= 11 is 0. The zero-order valence-electron chi connectivity index (χ0n) is 16.1. The SMILES string of the molecule is CC(C)Cn1nc(C(=O)Nc2cc(S(C)(=O)=O)ccc2F)c2ccccc2c1=O. The molecule has 3 rings (SSSR count). The minimum absolute atomic E-state index is 0.0509. The first-order valence-corrected chi connectivity index (χ1v) is 10.8. The molecule has 29 heavy (non-hydrogen) atoms. The van der Waals surface area contributed by atoms with Gasteiger partial charge in [-0.25, -0.2) is 17.5 Å². The fourth-order valence-corrected chi connectivity index (χ4v) is 3.53. The van der Waals surface area contributed by atoms with Crippen molar-refractivity contribution in [1.29, 1.82) is 0 Å². The van der Waals surface area contributed by atoms with E-state index < -0.39 is 21.6 Å². The molecule has 2 aromatic carbocycles. The van der Waals surface area contributed by atoms with E-state index in [0.29, 0.717) is 17.3 Å². The van der Waals surface area contributed by atoms with Gasteiger partial charge in [-0.15, -0.1) is 0 Å². The van der Waals surface area contributed by atoms with E-state index in [-0.39, 0.29) is 27.8 Å². The molecule has 1 heterocycles. The number of hydrogen-bond donors (Lipinski definition) is 1. The number of anilines is 1. The second-order valence-corrected chi connectivity index (χ2v) is 9.16. The van der Waals surface area contributed by atoms with Gasteiger partial charge in [0.1, 0.15) is 5.82 Å². The molecule has 0 fully saturated rings. The van der Waals surface area contributed by atoms with Crippen LogP contribution in [0.2, 0.25) is 0 Å². The van der Waals surface area contributed by atoms with Gasteiger partial charge in [0.05, 0.1) is 16.0 Å². The number of rotatable bonds is 5. The lowest BCUT2D eigenvalue weighted by Gasteiger charge is -2.13. The smallest absolute Gasteiger partial charge is 0.276 e. The third-order valence-electron chi connectivity index (χ3n) is 4.24. The molecule has 0 saturated carbocycles. The van der Waals surface area contributed by atoms with Crippen LogP contribution in [0, 0.1) is 11.7 Å². The Morgan fingerprint density at radius 2 is 1.83 bits per heavy atom. The van der Waals surface area contributed by atoms with Crippen LogP contribution in [0.1, 0.15) is 24.3 Å². The molecule has 1 amide bonds. The molecule has 0 aliphatic rings. The number of hydrogen-bond acceptors (Lipinski definition) is 5. The van der Waals surface area contributed by atoms with Gasteiger partial charge in [-0.2, -0.15) is 5.10 Å². The minimum Gasteiger partial charge on any atom is -0.318 e. The summed E-state index contributed by atoms with van der Waals surface area (Å²) in [5.74, 6) is -1.42. The Morgan fingerprint density at radius 1 is 1.17 bits per heavy atom. The van der Waals surface area contributed by atoms with Crippen LogP contribution < -0.4 is 10.9 Å². The number of nitrogens with zero attached hydrogens (tertiary/aromatic N) is 2. The van der Waals surface area contributed by atoms with Gasteiger partial charge in [0.25, 0.3) is 11.5 Å². The predicted molar refractivity (Wildman–Crippen MR) is 108 cm³/mol. The highest BCUT2D eigenvalue weighted by atomic mass is 32.2. The summed E-state index contributed by atoms with van der Waals surface area (Å²) in [6.07, 6.45) is 0.989. The van der Waals surface area contributed by atoms with Crippen LogP contribution >= 0.6 is 0 Å². The monoisotopic (exact) mass is 417 g/mol. The lowest BCUT2D eigenvalue weighted by Crippen LogP contribution is -2.29. The first-order valence-electron chi connectivity index (χ1n) is 8.88. The van der Waals surface area contributed by atoms with Crippen LogP contribution in [0.15, 0.2) is 52.2 Å². The van der Waals surface area contributed by atoms with Gasteiger partial charge in [0.2, 0.25) is 0 Å². The molecule has 1 aromatic heterocycles. The average molecular weight is 417 g/mol. The van der Waals surface area contributed by atoms with Crippen molar-refractivity contribution < 1.29 is 17.6 Å². The van der Waals surface area contributed by atoms with Crippen molar-refractivity contribution in [3.05, 3.63) is 64.3 Å². The lowest BCUT2D eigenvalue weighted by molar-refractivity contribution is 0.102. The van der Waals surface area contributed by atoms with Gasteiger partial charge >= 0.3 is 0 Å². The highest BCUT2D eigenvalue weighted by molar-refractivity contribution is 7.90. The summed E-state index contributed by atoms with van der Waals surface area (Å²) < 4.78 is 38.8.